The van der Waals surface area contributed by atoms with Crippen molar-refractivity contribution in [2.24, 2.45) is 0 Å². The zero-order valence-electron chi connectivity index (χ0n) is 10.5. The number of carbonyl (C=O) groups is 1. The Hall–Kier alpha value is -0.300. The molecule has 18 heavy (non-hydrogen) atoms. The Morgan fingerprint density at radius 1 is 1.44 bits per heavy atom. The van der Waals surface area contributed by atoms with Gasteiger partial charge in [-0.15, -0.1) is 0 Å². The summed E-state index contributed by atoms with van der Waals surface area (Å²) in [5, 5.41) is 13.4. The predicted molar refractivity (Wildman–Crippen MR) is 85.4 cm³/mol. The van der Waals surface area contributed by atoms with Gasteiger partial charge >= 0.3 is 0 Å². The van der Waals surface area contributed by atoms with Gasteiger partial charge in [-0.1, -0.05) is 29.8 Å². The van der Waals surface area contributed by atoms with E-state index in [1.165, 1.54) is 6.07 Å². The molecule has 0 saturated heterocycles. The SMILES string of the molecule is CCC(CC)(CBr)NC(=O)c1ccc(I)c(O)c1. The van der Waals surface area contributed by atoms with Crippen molar-refractivity contribution in [1.29, 1.82) is 0 Å². The van der Waals surface area contributed by atoms with E-state index in [4.69, 9.17) is 0 Å². The van der Waals surface area contributed by atoms with Crippen LogP contribution in [-0.2, 0) is 0 Å². The van der Waals surface area contributed by atoms with Crippen LogP contribution >= 0.6 is 38.5 Å². The van der Waals surface area contributed by atoms with Crippen LogP contribution in [0.3, 0.4) is 0 Å². The highest BCUT2D eigenvalue weighted by atomic mass is 127. The third kappa shape index (κ3) is 3.60. The first-order valence-corrected chi connectivity index (χ1v) is 8.05. The van der Waals surface area contributed by atoms with Gasteiger partial charge in [0, 0.05) is 16.4 Å². The van der Waals surface area contributed by atoms with E-state index in [0.717, 1.165) is 21.7 Å². The summed E-state index contributed by atoms with van der Waals surface area (Å²) < 4.78 is 0.738. The van der Waals surface area contributed by atoms with Crippen LogP contribution in [-0.4, -0.2) is 21.9 Å². The standard InChI is InChI=1S/C13H17BrINO2/c1-3-13(4-2,8-14)16-12(18)9-5-6-10(15)11(17)7-9/h5-7,17H,3-4,8H2,1-2H3,(H,16,18). The first-order chi connectivity index (χ1) is 8.48. The fourth-order valence-electron chi connectivity index (χ4n) is 1.62. The zero-order valence-corrected chi connectivity index (χ0v) is 14.2. The van der Waals surface area contributed by atoms with E-state index in [0.29, 0.717) is 5.56 Å². The van der Waals surface area contributed by atoms with Crippen molar-refractivity contribution in [2.75, 3.05) is 5.33 Å². The number of halogens is 2. The van der Waals surface area contributed by atoms with Gasteiger partial charge < -0.3 is 10.4 Å². The number of rotatable bonds is 5. The zero-order chi connectivity index (χ0) is 13.8. The van der Waals surface area contributed by atoms with E-state index in [9.17, 15) is 9.90 Å². The smallest absolute Gasteiger partial charge is 0.251 e. The molecule has 0 aliphatic heterocycles. The first-order valence-electron chi connectivity index (χ1n) is 5.85. The van der Waals surface area contributed by atoms with E-state index in [2.05, 4.69) is 35.1 Å². The number of alkyl halides is 1. The Kier molecular flexibility index (Phi) is 5.91. The Morgan fingerprint density at radius 3 is 2.50 bits per heavy atom. The molecule has 0 radical (unpaired) electrons. The lowest BCUT2D eigenvalue weighted by Crippen LogP contribution is -2.49. The summed E-state index contributed by atoms with van der Waals surface area (Å²) >= 11 is 5.48. The van der Waals surface area contributed by atoms with Crippen LogP contribution in [0.15, 0.2) is 18.2 Å². The number of carbonyl (C=O) groups excluding carboxylic acids is 1. The highest BCUT2D eigenvalue weighted by Gasteiger charge is 2.27. The predicted octanol–water partition coefficient (Wildman–Crippen LogP) is 3.68. The molecule has 1 amide bonds. The summed E-state index contributed by atoms with van der Waals surface area (Å²) in [6.07, 6.45) is 1.72. The molecule has 3 nitrogen and oxygen atoms in total. The van der Waals surface area contributed by atoms with Crippen molar-refractivity contribution in [3.8, 4) is 5.75 Å². The summed E-state index contributed by atoms with van der Waals surface area (Å²) in [5.41, 5.74) is 0.260. The molecule has 0 unspecified atom stereocenters. The van der Waals surface area contributed by atoms with Gasteiger partial charge in [0.1, 0.15) is 5.75 Å². The molecule has 0 saturated carbocycles. The minimum Gasteiger partial charge on any atom is -0.507 e. The van der Waals surface area contributed by atoms with E-state index in [-0.39, 0.29) is 17.2 Å². The molecule has 0 bridgehead atoms. The van der Waals surface area contributed by atoms with Gasteiger partial charge in [-0.3, -0.25) is 4.79 Å². The molecule has 1 rings (SSSR count). The first kappa shape index (κ1) is 15.8. The maximum absolute atomic E-state index is 12.2. The lowest BCUT2D eigenvalue weighted by molar-refractivity contribution is 0.0903. The molecule has 1 aromatic rings. The molecule has 0 heterocycles. The largest absolute Gasteiger partial charge is 0.507 e. The number of benzene rings is 1. The van der Waals surface area contributed by atoms with Crippen molar-refractivity contribution in [3.63, 3.8) is 0 Å². The molecule has 0 aromatic heterocycles. The van der Waals surface area contributed by atoms with Crippen molar-refractivity contribution < 1.29 is 9.90 Å². The van der Waals surface area contributed by atoms with E-state index >= 15 is 0 Å². The van der Waals surface area contributed by atoms with Crippen LogP contribution < -0.4 is 5.32 Å². The molecular weight excluding hydrogens is 409 g/mol. The van der Waals surface area contributed by atoms with Crippen LogP contribution in [0, 0.1) is 3.57 Å². The summed E-state index contributed by atoms with van der Waals surface area (Å²) in [4.78, 5) is 12.2. The quantitative estimate of drug-likeness (QED) is 0.558. The maximum atomic E-state index is 12.2. The molecule has 1 aromatic carbocycles. The fraction of sp³-hybridized carbons (Fsp3) is 0.462. The van der Waals surface area contributed by atoms with Gasteiger partial charge in [0.15, 0.2) is 0 Å². The Labute approximate surface area is 130 Å². The van der Waals surface area contributed by atoms with Crippen LogP contribution in [0.5, 0.6) is 5.75 Å². The molecule has 0 aliphatic carbocycles. The normalized spacial score (nSPS) is 11.3. The Morgan fingerprint density at radius 2 is 2.06 bits per heavy atom. The molecule has 0 fully saturated rings. The highest BCUT2D eigenvalue weighted by Crippen LogP contribution is 2.22. The van der Waals surface area contributed by atoms with Crippen LogP contribution in [0.2, 0.25) is 0 Å². The van der Waals surface area contributed by atoms with Gasteiger partial charge in [-0.25, -0.2) is 0 Å². The number of nitrogens with one attached hydrogen (secondary N) is 1. The molecule has 0 spiro atoms. The van der Waals surface area contributed by atoms with Gasteiger partial charge in [-0.2, -0.15) is 0 Å². The van der Waals surface area contributed by atoms with Gasteiger partial charge in [-0.05, 0) is 53.6 Å². The second kappa shape index (κ2) is 6.75. The second-order valence-corrected chi connectivity index (χ2v) is 5.96. The monoisotopic (exact) mass is 425 g/mol. The lowest BCUT2D eigenvalue weighted by atomic mass is 9.95. The number of aromatic hydroxyl groups is 1. The number of hydrogen-bond acceptors (Lipinski definition) is 2. The van der Waals surface area contributed by atoms with Crippen molar-refractivity contribution in [2.45, 2.75) is 32.2 Å². The average molecular weight is 426 g/mol. The minimum atomic E-state index is -0.226. The highest BCUT2D eigenvalue weighted by molar-refractivity contribution is 14.1. The molecule has 100 valence electrons. The third-order valence-electron chi connectivity index (χ3n) is 3.20. The number of amides is 1. The van der Waals surface area contributed by atoms with Gasteiger partial charge in [0.25, 0.3) is 5.91 Å². The van der Waals surface area contributed by atoms with Crippen LogP contribution in [0.4, 0.5) is 0 Å². The third-order valence-corrected chi connectivity index (χ3v) is 5.18. The maximum Gasteiger partial charge on any atom is 0.251 e. The average Bonchev–Trinajstić information content (AvgIpc) is 2.39. The lowest BCUT2D eigenvalue weighted by Gasteiger charge is -2.31. The summed E-state index contributed by atoms with van der Waals surface area (Å²) in [5.74, 6) is -0.00876. The van der Waals surface area contributed by atoms with E-state index in [1.807, 2.05) is 22.6 Å². The van der Waals surface area contributed by atoms with Gasteiger partial charge in [0.05, 0.1) is 3.57 Å². The number of phenolic OH excluding ortho intramolecular Hbond substituents is 1. The summed E-state index contributed by atoms with van der Waals surface area (Å²) in [7, 11) is 0. The topological polar surface area (TPSA) is 49.3 Å². The summed E-state index contributed by atoms with van der Waals surface area (Å²) in [6.45, 7) is 4.10. The molecule has 5 heteroatoms. The summed E-state index contributed by atoms with van der Waals surface area (Å²) in [6, 6.07) is 4.96. The number of hydrogen-bond donors (Lipinski definition) is 2. The Bertz CT molecular complexity index is 425. The van der Waals surface area contributed by atoms with Crippen molar-refractivity contribution >= 4 is 44.4 Å². The molecular formula is C13H17BrINO2. The van der Waals surface area contributed by atoms with Crippen LogP contribution in [0.1, 0.15) is 37.0 Å². The van der Waals surface area contributed by atoms with Crippen molar-refractivity contribution in [3.05, 3.63) is 27.3 Å². The van der Waals surface area contributed by atoms with E-state index in [1.54, 1.807) is 12.1 Å². The molecule has 0 atom stereocenters. The fourth-order valence-corrected chi connectivity index (χ4v) is 2.88. The van der Waals surface area contributed by atoms with Crippen molar-refractivity contribution in [1.82, 2.24) is 5.32 Å². The van der Waals surface area contributed by atoms with Gasteiger partial charge in [0.2, 0.25) is 0 Å². The molecule has 0 aliphatic rings. The van der Waals surface area contributed by atoms with E-state index < -0.39 is 0 Å². The van der Waals surface area contributed by atoms with Crippen LogP contribution in [0.25, 0.3) is 0 Å². The second-order valence-electron chi connectivity index (χ2n) is 4.24. The Balaban J connectivity index is 2.90. The molecule has 2 N–H and O–H groups in total. The minimum absolute atomic E-state index is 0.140. The number of phenols is 1.